The highest BCUT2D eigenvalue weighted by Gasteiger charge is 2.42. The van der Waals surface area contributed by atoms with E-state index in [0.717, 1.165) is 0 Å². The van der Waals surface area contributed by atoms with Crippen molar-refractivity contribution in [2.24, 2.45) is 5.92 Å². The van der Waals surface area contributed by atoms with Crippen LogP contribution in [0.3, 0.4) is 0 Å². The minimum Gasteiger partial charge on any atom is -0.453 e. The number of benzene rings is 1. The lowest BCUT2D eigenvalue weighted by Crippen LogP contribution is -2.44. The molecule has 0 saturated carbocycles. The number of rotatable bonds is 2. The van der Waals surface area contributed by atoms with E-state index in [1.807, 2.05) is 0 Å². The number of carbonyl (C=O) groups is 2. The number of hydrogen-bond donors (Lipinski definition) is 1. The summed E-state index contributed by atoms with van der Waals surface area (Å²) in [5, 5.41) is 2.39. The van der Waals surface area contributed by atoms with Gasteiger partial charge in [-0.1, -0.05) is 12.1 Å². The number of nitrogens with one attached hydrogen (secondary N) is 1. The fourth-order valence-electron chi connectivity index (χ4n) is 2.54. The Hall–Kier alpha value is -2.25. The van der Waals surface area contributed by atoms with Crippen LogP contribution in [0, 0.1) is 5.92 Å². The number of carbonyl (C=O) groups excluding carboxylic acids is 2. The van der Waals surface area contributed by atoms with E-state index in [0.29, 0.717) is 6.42 Å². The quantitative estimate of drug-likeness (QED) is 0.905. The summed E-state index contributed by atoms with van der Waals surface area (Å²) in [6.45, 7) is -0.104. The number of anilines is 1. The van der Waals surface area contributed by atoms with Crippen molar-refractivity contribution in [2.45, 2.75) is 19.0 Å². The minimum absolute atomic E-state index is 0.0232. The monoisotopic (exact) mass is 330 g/mol. The van der Waals surface area contributed by atoms with Gasteiger partial charge in [0.1, 0.15) is 0 Å². The van der Waals surface area contributed by atoms with Crippen LogP contribution in [-0.4, -0.2) is 43.3 Å². The summed E-state index contributed by atoms with van der Waals surface area (Å²) in [6, 6.07) is 6.15. The second kappa shape index (κ2) is 6.89. The van der Waals surface area contributed by atoms with E-state index in [1.54, 1.807) is 12.1 Å². The summed E-state index contributed by atoms with van der Waals surface area (Å²) >= 11 is 0. The molecular formula is C15H17F3N2O3. The predicted molar refractivity (Wildman–Crippen MR) is 77.2 cm³/mol. The van der Waals surface area contributed by atoms with Crippen LogP contribution >= 0.6 is 0 Å². The average Bonchev–Trinajstić information content (AvgIpc) is 2.54. The van der Waals surface area contributed by atoms with Gasteiger partial charge in [0.05, 0.1) is 24.3 Å². The van der Waals surface area contributed by atoms with Crippen molar-refractivity contribution in [1.29, 1.82) is 0 Å². The van der Waals surface area contributed by atoms with E-state index in [2.05, 4.69) is 10.1 Å². The Morgan fingerprint density at radius 1 is 1.30 bits per heavy atom. The molecule has 23 heavy (non-hydrogen) atoms. The lowest BCUT2D eigenvalue weighted by Gasteiger charge is -2.34. The van der Waals surface area contributed by atoms with Crippen LogP contribution in [0.15, 0.2) is 24.3 Å². The lowest BCUT2D eigenvalue weighted by molar-refractivity contribution is -0.184. The van der Waals surface area contributed by atoms with Gasteiger partial charge in [-0.2, -0.15) is 13.2 Å². The summed E-state index contributed by atoms with van der Waals surface area (Å²) in [5.41, 5.74) is 0.346. The van der Waals surface area contributed by atoms with Gasteiger partial charge in [-0.05, 0) is 25.0 Å². The normalized spacial score (nSPS) is 18.4. The van der Waals surface area contributed by atoms with Gasteiger partial charge < -0.3 is 9.64 Å². The minimum atomic E-state index is -4.32. The highest BCUT2D eigenvalue weighted by molar-refractivity contribution is 6.02. The SMILES string of the molecule is COC(=O)Nc1ccccc1C(=O)N1CCC[C@@H](C(F)(F)F)C1. The number of hydrogen-bond acceptors (Lipinski definition) is 3. The average molecular weight is 330 g/mol. The molecule has 0 radical (unpaired) electrons. The summed E-state index contributed by atoms with van der Waals surface area (Å²) in [6.07, 6.45) is -4.75. The van der Waals surface area contributed by atoms with Gasteiger partial charge in [-0.25, -0.2) is 4.79 Å². The molecule has 1 saturated heterocycles. The molecule has 0 aromatic heterocycles. The standard InChI is InChI=1S/C15H17F3N2O3/c1-23-14(22)19-12-7-3-2-6-11(12)13(21)20-8-4-5-10(9-20)15(16,17)18/h2-3,6-7,10H,4-5,8-9H2,1H3,(H,19,22)/t10-/m1/s1. The molecule has 0 bridgehead atoms. The van der Waals surface area contributed by atoms with Crippen molar-refractivity contribution in [1.82, 2.24) is 4.90 Å². The van der Waals surface area contributed by atoms with E-state index in [-0.39, 0.29) is 30.8 Å². The third-order valence-electron chi connectivity index (χ3n) is 3.75. The molecule has 1 fully saturated rings. The Bertz CT molecular complexity index is 590. The summed E-state index contributed by atoms with van der Waals surface area (Å²) in [5.74, 6) is -2.05. The molecule has 0 spiro atoms. The van der Waals surface area contributed by atoms with E-state index < -0.39 is 24.1 Å². The first kappa shape index (κ1) is 17.1. The van der Waals surface area contributed by atoms with Crippen molar-refractivity contribution in [3.63, 3.8) is 0 Å². The van der Waals surface area contributed by atoms with Crippen molar-refractivity contribution in [2.75, 3.05) is 25.5 Å². The lowest BCUT2D eigenvalue weighted by atomic mass is 9.96. The second-order valence-corrected chi connectivity index (χ2v) is 5.29. The van der Waals surface area contributed by atoms with Gasteiger partial charge in [0, 0.05) is 13.1 Å². The molecular weight excluding hydrogens is 313 g/mol. The number of alkyl halides is 3. The molecule has 126 valence electrons. The van der Waals surface area contributed by atoms with Gasteiger partial charge in [-0.15, -0.1) is 0 Å². The number of methoxy groups -OCH3 is 1. The molecule has 0 aliphatic carbocycles. The first-order chi connectivity index (χ1) is 10.8. The predicted octanol–water partition coefficient (Wildman–Crippen LogP) is 3.28. The zero-order valence-corrected chi connectivity index (χ0v) is 12.5. The van der Waals surface area contributed by atoms with E-state index in [9.17, 15) is 22.8 Å². The topological polar surface area (TPSA) is 58.6 Å². The van der Waals surface area contributed by atoms with Gasteiger partial charge in [0.25, 0.3) is 5.91 Å². The number of piperidine rings is 1. The maximum Gasteiger partial charge on any atom is 0.411 e. The van der Waals surface area contributed by atoms with Crippen LogP contribution in [0.25, 0.3) is 0 Å². The van der Waals surface area contributed by atoms with Gasteiger partial charge in [0.2, 0.25) is 0 Å². The zero-order chi connectivity index (χ0) is 17.0. The number of halogens is 3. The Morgan fingerprint density at radius 3 is 2.65 bits per heavy atom. The van der Waals surface area contributed by atoms with Crippen LogP contribution in [-0.2, 0) is 4.74 Å². The highest BCUT2D eigenvalue weighted by atomic mass is 19.4. The third kappa shape index (κ3) is 4.14. The second-order valence-electron chi connectivity index (χ2n) is 5.29. The van der Waals surface area contributed by atoms with Crippen LogP contribution in [0.2, 0.25) is 0 Å². The van der Waals surface area contributed by atoms with Gasteiger partial charge in [-0.3, -0.25) is 10.1 Å². The summed E-state index contributed by atoms with van der Waals surface area (Å²) in [7, 11) is 1.18. The first-order valence-corrected chi connectivity index (χ1v) is 7.13. The maximum absolute atomic E-state index is 12.9. The van der Waals surface area contributed by atoms with Crippen LogP contribution in [0.5, 0.6) is 0 Å². The zero-order valence-electron chi connectivity index (χ0n) is 12.5. The summed E-state index contributed by atoms with van der Waals surface area (Å²) in [4.78, 5) is 25.0. The smallest absolute Gasteiger partial charge is 0.411 e. The Balaban J connectivity index is 2.18. The fourth-order valence-corrected chi connectivity index (χ4v) is 2.54. The molecule has 1 aromatic carbocycles. The largest absolute Gasteiger partial charge is 0.453 e. The van der Waals surface area contributed by atoms with Crippen molar-refractivity contribution >= 4 is 17.7 Å². The number of nitrogens with zero attached hydrogens (tertiary/aromatic N) is 1. The summed E-state index contributed by atoms with van der Waals surface area (Å²) < 4.78 is 43.1. The molecule has 1 aliphatic rings. The van der Waals surface area contributed by atoms with E-state index in [1.165, 1.54) is 24.1 Å². The van der Waals surface area contributed by atoms with Crippen LogP contribution in [0.4, 0.5) is 23.7 Å². The molecule has 1 N–H and O–H groups in total. The molecule has 2 rings (SSSR count). The highest BCUT2D eigenvalue weighted by Crippen LogP contribution is 2.34. The number of para-hydroxylation sites is 1. The van der Waals surface area contributed by atoms with E-state index >= 15 is 0 Å². The van der Waals surface area contributed by atoms with Crippen molar-refractivity contribution in [3.8, 4) is 0 Å². The number of likely N-dealkylation sites (tertiary alicyclic amines) is 1. The Labute approximate surface area is 131 Å². The molecule has 0 unspecified atom stereocenters. The molecule has 1 aromatic rings. The number of amides is 2. The molecule has 2 amide bonds. The maximum atomic E-state index is 12.9. The Morgan fingerprint density at radius 2 is 2.00 bits per heavy atom. The van der Waals surface area contributed by atoms with E-state index in [4.69, 9.17) is 0 Å². The molecule has 8 heteroatoms. The van der Waals surface area contributed by atoms with Crippen molar-refractivity contribution in [3.05, 3.63) is 29.8 Å². The van der Waals surface area contributed by atoms with Gasteiger partial charge in [0.15, 0.2) is 0 Å². The van der Waals surface area contributed by atoms with Crippen molar-refractivity contribution < 1.29 is 27.5 Å². The molecule has 1 heterocycles. The Kier molecular flexibility index (Phi) is 5.12. The van der Waals surface area contributed by atoms with Crippen LogP contribution < -0.4 is 5.32 Å². The third-order valence-corrected chi connectivity index (χ3v) is 3.75. The van der Waals surface area contributed by atoms with Crippen LogP contribution in [0.1, 0.15) is 23.2 Å². The molecule has 1 atom stereocenters. The number of ether oxygens (including phenoxy) is 1. The molecule has 1 aliphatic heterocycles. The first-order valence-electron chi connectivity index (χ1n) is 7.13. The molecule has 5 nitrogen and oxygen atoms in total. The fraction of sp³-hybridized carbons (Fsp3) is 0.467. The van der Waals surface area contributed by atoms with Gasteiger partial charge >= 0.3 is 12.3 Å².